The van der Waals surface area contributed by atoms with Crippen molar-refractivity contribution in [1.82, 2.24) is 15.2 Å². The van der Waals surface area contributed by atoms with E-state index >= 15 is 0 Å². The van der Waals surface area contributed by atoms with Gasteiger partial charge in [-0.15, -0.1) is 0 Å². The van der Waals surface area contributed by atoms with Crippen LogP contribution >= 0.6 is 23.2 Å². The lowest BCUT2D eigenvalue weighted by atomic mass is 10.1. The fourth-order valence-corrected chi connectivity index (χ4v) is 3.22. The zero-order chi connectivity index (χ0) is 16.9. The van der Waals surface area contributed by atoms with E-state index in [-0.39, 0.29) is 18.6 Å². The first kappa shape index (κ1) is 17.0. The first-order valence-corrected chi connectivity index (χ1v) is 8.38. The minimum atomic E-state index is -0.0820. The summed E-state index contributed by atoms with van der Waals surface area (Å²) in [5, 5.41) is 4.25. The largest absolute Gasteiger partial charge is 0.484 e. The van der Waals surface area contributed by atoms with Gasteiger partial charge in [0.15, 0.2) is 6.61 Å². The van der Waals surface area contributed by atoms with Gasteiger partial charge in [0.05, 0.1) is 6.04 Å². The molecule has 24 heavy (non-hydrogen) atoms. The Morgan fingerprint density at radius 1 is 1.33 bits per heavy atom. The molecule has 0 radical (unpaired) electrons. The Labute approximate surface area is 150 Å². The molecule has 0 bridgehead atoms. The lowest BCUT2D eigenvalue weighted by molar-refractivity contribution is -0.136. The van der Waals surface area contributed by atoms with Gasteiger partial charge in [-0.1, -0.05) is 29.3 Å². The number of carbonyl (C=O) groups is 1. The summed E-state index contributed by atoms with van der Waals surface area (Å²) >= 11 is 11.9. The molecule has 1 atom stereocenters. The lowest BCUT2D eigenvalue weighted by Gasteiger charge is -2.36. The predicted octanol–water partition coefficient (Wildman–Crippen LogP) is 2.94. The number of benzene rings is 1. The van der Waals surface area contributed by atoms with Crippen LogP contribution in [0, 0.1) is 0 Å². The van der Waals surface area contributed by atoms with Crippen molar-refractivity contribution < 1.29 is 9.53 Å². The Kier molecular flexibility index (Phi) is 5.56. The Hall–Kier alpha value is -1.82. The normalized spacial score (nSPS) is 17.6. The standard InChI is InChI=1S/C17H17Cl2N3O2/c18-13-6-14(19)8-15(7-13)24-11-17(23)22-5-4-21-10-16(22)12-2-1-3-20-9-12/h1-3,6-9,16,21H,4-5,10-11H2. The molecule has 0 spiro atoms. The van der Waals surface area contributed by atoms with Crippen molar-refractivity contribution in [2.75, 3.05) is 26.2 Å². The second kappa shape index (κ2) is 7.83. The smallest absolute Gasteiger partial charge is 0.261 e. The molecule has 1 aromatic heterocycles. The third kappa shape index (κ3) is 4.17. The number of hydrogen-bond acceptors (Lipinski definition) is 4. The van der Waals surface area contributed by atoms with Gasteiger partial charge >= 0.3 is 0 Å². The van der Waals surface area contributed by atoms with Crippen LogP contribution in [0.5, 0.6) is 5.75 Å². The van der Waals surface area contributed by atoms with Crippen LogP contribution in [0.3, 0.4) is 0 Å². The third-order valence-corrected chi connectivity index (χ3v) is 4.27. The highest BCUT2D eigenvalue weighted by atomic mass is 35.5. The number of rotatable bonds is 4. The molecular formula is C17H17Cl2N3O2. The summed E-state index contributed by atoms with van der Waals surface area (Å²) in [5.74, 6) is 0.398. The molecule has 2 aromatic rings. The van der Waals surface area contributed by atoms with Crippen LogP contribution in [-0.4, -0.2) is 42.0 Å². The SMILES string of the molecule is O=C(COc1cc(Cl)cc(Cl)c1)N1CCNCC1c1cccnc1. The summed E-state index contributed by atoms with van der Waals surface area (Å²) in [6.45, 7) is 2.01. The Morgan fingerprint density at radius 2 is 2.12 bits per heavy atom. The van der Waals surface area contributed by atoms with E-state index in [0.717, 1.165) is 12.1 Å². The molecule has 2 heterocycles. The van der Waals surface area contributed by atoms with Crippen LogP contribution in [0.1, 0.15) is 11.6 Å². The maximum atomic E-state index is 12.6. The average Bonchev–Trinajstić information content (AvgIpc) is 2.60. The molecule has 1 fully saturated rings. The van der Waals surface area contributed by atoms with Gasteiger partial charge < -0.3 is 15.0 Å². The van der Waals surface area contributed by atoms with E-state index in [4.69, 9.17) is 27.9 Å². The highest BCUT2D eigenvalue weighted by Crippen LogP contribution is 2.25. The predicted molar refractivity (Wildman–Crippen MR) is 93.5 cm³/mol. The zero-order valence-electron chi connectivity index (χ0n) is 12.9. The van der Waals surface area contributed by atoms with E-state index in [0.29, 0.717) is 28.9 Å². The average molecular weight is 366 g/mol. The first-order valence-electron chi connectivity index (χ1n) is 7.62. The number of nitrogens with zero attached hydrogens (tertiary/aromatic N) is 2. The number of amides is 1. The quantitative estimate of drug-likeness (QED) is 0.904. The third-order valence-electron chi connectivity index (χ3n) is 3.83. The van der Waals surface area contributed by atoms with Crippen molar-refractivity contribution in [2.45, 2.75) is 6.04 Å². The minimum Gasteiger partial charge on any atom is -0.484 e. The molecule has 5 nitrogen and oxygen atoms in total. The van der Waals surface area contributed by atoms with Crippen molar-refractivity contribution >= 4 is 29.1 Å². The second-order valence-corrected chi connectivity index (χ2v) is 6.36. The molecule has 7 heteroatoms. The molecule has 126 valence electrons. The molecular weight excluding hydrogens is 349 g/mol. The highest BCUT2D eigenvalue weighted by Gasteiger charge is 2.28. The summed E-state index contributed by atoms with van der Waals surface area (Å²) < 4.78 is 5.57. The van der Waals surface area contributed by atoms with Crippen molar-refractivity contribution in [3.05, 3.63) is 58.3 Å². The Morgan fingerprint density at radius 3 is 2.83 bits per heavy atom. The van der Waals surface area contributed by atoms with Crippen LogP contribution in [0.2, 0.25) is 10.0 Å². The van der Waals surface area contributed by atoms with Gasteiger partial charge in [0.25, 0.3) is 5.91 Å². The number of carbonyl (C=O) groups excluding carboxylic acids is 1. The number of ether oxygens (including phenoxy) is 1. The van der Waals surface area contributed by atoms with Gasteiger partial charge in [0, 0.05) is 42.1 Å². The number of nitrogens with one attached hydrogen (secondary N) is 1. The summed E-state index contributed by atoms with van der Waals surface area (Å²) in [6, 6.07) is 8.69. The summed E-state index contributed by atoms with van der Waals surface area (Å²) in [6.07, 6.45) is 3.51. The van der Waals surface area contributed by atoms with Crippen LogP contribution in [0.15, 0.2) is 42.7 Å². The molecule has 0 aliphatic carbocycles. The van der Waals surface area contributed by atoms with E-state index in [1.54, 1.807) is 30.6 Å². The minimum absolute atomic E-state index is 0.0495. The van der Waals surface area contributed by atoms with Crippen molar-refractivity contribution in [2.24, 2.45) is 0 Å². The molecule has 1 amide bonds. The van der Waals surface area contributed by atoms with Gasteiger partial charge in [0.1, 0.15) is 5.75 Å². The molecule has 1 unspecified atom stereocenters. The van der Waals surface area contributed by atoms with Crippen molar-refractivity contribution in [3.63, 3.8) is 0 Å². The number of hydrogen-bond donors (Lipinski definition) is 1. The monoisotopic (exact) mass is 365 g/mol. The summed E-state index contributed by atoms with van der Waals surface area (Å²) in [4.78, 5) is 18.6. The number of pyridine rings is 1. The van der Waals surface area contributed by atoms with E-state index in [1.165, 1.54) is 0 Å². The van der Waals surface area contributed by atoms with Gasteiger partial charge in [-0.2, -0.15) is 0 Å². The van der Waals surface area contributed by atoms with Gasteiger partial charge in [0.2, 0.25) is 0 Å². The maximum Gasteiger partial charge on any atom is 0.261 e. The Bertz CT molecular complexity index is 692. The molecule has 0 saturated carbocycles. The lowest BCUT2D eigenvalue weighted by Crippen LogP contribution is -2.50. The summed E-state index contributed by atoms with van der Waals surface area (Å²) in [7, 11) is 0. The van der Waals surface area contributed by atoms with Crippen LogP contribution < -0.4 is 10.1 Å². The first-order chi connectivity index (χ1) is 11.6. The van der Waals surface area contributed by atoms with Crippen LogP contribution in [0.25, 0.3) is 0 Å². The molecule has 3 rings (SSSR count). The van der Waals surface area contributed by atoms with Gasteiger partial charge in [-0.05, 0) is 29.8 Å². The highest BCUT2D eigenvalue weighted by molar-refractivity contribution is 6.34. The van der Waals surface area contributed by atoms with E-state index in [2.05, 4.69) is 10.3 Å². The molecule has 1 aliphatic rings. The van der Waals surface area contributed by atoms with Crippen LogP contribution in [0.4, 0.5) is 0 Å². The van der Waals surface area contributed by atoms with Gasteiger partial charge in [-0.25, -0.2) is 0 Å². The number of halogens is 2. The maximum absolute atomic E-state index is 12.6. The van der Waals surface area contributed by atoms with Gasteiger partial charge in [-0.3, -0.25) is 9.78 Å². The second-order valence-electron chi connectivity index (χ2n) is 5.49. The number of piperazine rings is 1. The van der Waals surface area contributed by atoms with Crippen molar-refractivity contribution in [1.29, 1.82) is 0 Å². The Balaban J connectivity index is 1.68. The van der Waals surface area contributed by atoms with E-state index in [9.17, 15) is 4.79 Å². The molecule has 1 N–H and O–H groups in total. The molecule has 1 aliphatic heterocycles. The van der Waals surface area contributed by atoms with Crippen LogP contribution in [-0.2, 0) is 4.79 Å². The fraction of sp³-hybridized carbons (Fsp3) is 0.294. The fourth-order valence-electron chi connectivity index (χ4n) is 2.71. The molecule has 1 aromatic carbocycles. The summed E-state index contributed by atoms with van der Waals surface area (Å²) in [5.41, 5.74) is 1.00. The van der Waals surface area contributed by atoms with Crippen molar-refractivity contribution in [3.8, 4) is 5.75 Å². The topological polar surface area (TPSA) is 54.5 Å². The van der Waals surface area contributed by atoms with E-state index in [1.807, 2.05) is 17.0 Å². The number of aromatic nitrogens is 1. The van der Waals surface area contributed by atoms with E-state index < -0.39 is 0 Å². The zero-order valence-corrected chi connectivity index (χ0v) is 14.4. The molecule has 1 saturated heterocycles.